The predicted molar refractivity (Wildman–Crippen MR) is 132 cm³/mol. The first kappa shape index (κ1) is 25.0. The summed E-state index contributed by atoms with van der Waals surface area (Å²) in [6, 6.07) is 8.69. The molecular formula is C25H26F3N3O3S2. The smallest absolute Gasteiger partial charge is 0.416 e. The quantitative estimate of drug-likeness (QED) is 0.410. The molecular weight excluding hydrogens is 511 g/mol. The zero-order valence-corrected chi connectivity index (χ0v) is 21.0. The van der Waals surface area contributed by atoms with Gasteiger partial charge in [-0.2, -0.15) is 13.2 Å². The molecule has 2 N–H and O–H groups in total. The fourth-order valence-electron chi connectivity index (χ4n) is 4.92. The number of aryl methyl sites for hydroxylation is 1. The monoisotopic (exact) mass is 537 g/mol. The van der Waals surface area contributed by atoms with Gasteiger partial charge in [-0.05, 0) is 98.1 Å². The van der Waals surface area contributed by atoms with Crippen molar-refractivity contribution in [1.29, 1.82) is 0 Å². The number of hydrogen-bond donors (Lipinski definition) is 2. The van der Waals surface area contributed by atoms with Crippen LogP contribution >= 0.6 is 11.3 Å². The van der Waals surface area contributed by atoms with Crippen molar-refractivity contribution in [2.45, 2.75) is 55.2 Å². The summed E-state index contributed by atoms with van der Waals surface area (Å²) in [4.78, 5) is 4.12. The number of ether oxygens (including phenoxy) is 1. The van der Waals surface area contributed by atoms with Crippen molar-refractivity contribution < 1.29 is 26.3 Å². The second-order valence-electron chi connectivity index (χ2n) is 9.08. The van der Waals surface area contributed by atoms with Crippen LogP contribution < -0.4 is 14.8 Å². The number of nitrogens with one attached hydrogen (secondary N) is 2. The van der Waals surface area contributed by atoms with E-state index in [0.29, 0.717) is 29.3 Å². The maximum absolute atomic E-state index is 13.5. The van der Waals surface area contributed by atoms with Crippen LogP contribution in [0.5, 0.6) is 5.75 Å². The van der Waals surface area contributed by atoms with E-state index in [1.165, 1.54) is 35.7 Å². The molecule has 0 radical (unpaired) electrons. The fourth-order valence-corrected chi connectivity index (χ4v) is 6.76. The number of thiazole rings is 1. The van der Waals surface area contributed by atoms with Crippen molar-refractivity contribution in [2.75, 3.05) is 17.8 Å². The summed E-state index contributed by atoms with van der Waals surface area (Å²) in [5.74, 6) is 0.450. The standard InChI is InChI=1S/C25H26F3N3O3S2/c26-25(27,28)18-4-7-23(21(15-18)16-8-10-29-11-9-16)34-22-3-1-2-17-14-19(5-6-20(17)22)36(32,33)31-24-30-12-13-35-24/h4-7,12-16,22,29H,1-3,8-11H2,(H,30,31)/t22-/m1/s1. The van der Waals surface area contributed by atoms with Crippen LogP contribution in [0.25, 0.3) is 0 Å². The highest BCUT2D eigenvalue weighted by atomic mass is 32.2. The Morgan fingerprint density at radius 3 is 2.58 bits per heavy atom. The Hall–Kier alpha value is -2.63. The summed E-state index contributed by atoms with van der Waals surface area (Å²) in [6.45, 7) is 1.50. The third-order valence-electron chi connectivity index (χ3n) is 6.72. The Bertz CT molecular complexity index is 1320. The number of sulfonamides is 1. The van der Waals surface area contributed by atoms with E-state index in [9.17, 15) is 21.6 Å². The normalized spacial score (nSPS) is 19.0. The lowest BCUT2D eigenvalue weighted by atomic mass is 9.87. The number of nitrogens with zero attached hydrogens (tertiary/aromatic N) is 1. The molecule has 3 aromatic rings. The lowest BCUT2D eigenvalue weighted by molar-refractivity contribution is -0.137. The van der Waals surface area contributed by atoms with E-state index in [-0.39, 0.29) is 16.9 Å². The van der Waals surface area contributed by atoms with E-state index in [0.717, 1.165) is 49.5 Å². The van der Waals surface area contributed by atoms with Gasteiger partial charge in [0.1, 0.15) is 11.9 Å². The van der Waals surface area contributed by atoms with Crippen molar-refractivity contribution >= 4 is 26.5 Å². The molecule has 0 spiro atoms. The van der Waals surface area contributed by atoms with Gasteiger partial charge in [-0.1, -0.05) is 6.07 Å². The average Bonchev–Trinajstić information content (AvgIpc) is 3.36. The second-order valence-corrected chi connectivity index (χ2v) is 11.7. The molecule has 1 aliphatic heterocycles. The van der Waals surface area contributed by atoms with Gasteiger partial charge < -0.3 is 10.1 Å². The van der Waals surface area contributed by atoms with Crippen molar-refractivity contribution in [3.63, 3.8) is 0 Å². The van der Waals surface area contributed by atoms with E-state index in [4.69, 9.17) is 4.74 Å². The van der Waals surface area contributed by atoms with Crippen LogP contribution in [-0.4, -0.2) is 26.5 Å². The van der Waals surface area contributed by atoms with Gasteiger partial charge in [0.15, 0.2) is 5.13 Å². The highest BCUT2D eigenvalue weighted by molar-refractivity contribution is 7.93. The molecule has 1 aliphatic carbocycles. The van der Waals surface area contributed by atoms with Crippen LogP contribution in [0.2, 0.25) is 0 Å². The molecule has 1 fully saturated rings. The predicted octanol–water partition coefficient (Wildman–Crippen LogP) is 5.89. The van der Waals surface area contributed by atoms with Gasteiger partial charge in [0.05, 0.1) is 10.5 Å². The first-order valence-corrected chi connectivity index (χ1v) is 14.2. The molecule has 2 aliphatic rings. The molecule has 36 heavy (non-hydrogen) atoms. The Labute approximate surface area is 212 Å². The van der Waals surface area contributed by atoms with Gasteiger partial charge in [-0.15, -0.1) is 11.3 Å². The number of hydrogen-bond acceptors (Lipinski definition) is 6. The third kappa shape index (κ3) is 5.37. The molecule has 0 bridgehead atoms. The van der Waals surface area contributed by atoms with Gasteiger partial charge in [0.2, 0.25) is 0 Å². The number of alkyl halides is 3. The Morgan fingerprint density at radius 1 is 1.06 bits per heavy atom. The Morgan fingerprint density at radius 2 is 1.86 bits per heavy atom. The summed E-state index contributed by atoms with van der Waals surface area (Å²) in [7, 11) is -3.79. The third-order valence-corrected chi connectivity index (χ3v) is 8.88. The summed E-state index contributed by atoms with van der Waals surface area (Å²) in [6.07, 6.45) is 0.397. The largest absolute Gasteiger partial charge is 0.485 e. The first-order chi connectivity index (χ1) is 17.2. The molecule has 11 heteroatoms. The summed E-state index contributed by atoms with van der Waals surface area (Å²) in [5.41, 5.74) is 1.65. The molecule has 0 saturated carbocycles. The molecule has 1 atom stereocenters. The average molecular weight is 538 g/mol. The summed E-state index contributed by atoms with van der Waals surface area (Å²) >= 11 is 1.19. The molecule has 6 nitrogen and oxygen atoms in total. The van der Waals surface area contributed by atoms with Crippen LogP contribution in [0.15, 0.2) is 52.9 Å². The van der Waals surface area contributed by atoms with Crippen LogP contribution in [0.4, 0.5) is 18.3 Å². The number of fused-ring (bicyclic) bond motifs is 1. The van der Waals surface area contributed by atoms with Crippen molar-refractivity contribution in [3.05, 3.63) is 70.2 Å². The second kappa shape index (κ2) is 10.0. The number of piperidine rings is 1. The molecule has 5 rings (SSSR count). The highest BCUT2D eigenvalue weighted by Gasteiger charge is 2.33. The lowest BCUT2D eigenvalue weighted by Gasteiger charge is -2.30. The van der Waals surface area contributed by atoms with Crippen molar-refractivity contribution in [3.8, 4) is 5.75 Å². The maximum atomic E-state index is 13.5. The molecule has 0 amide bonds. The van der Waals surface area contributed by atoms with E-state index < -0.39 is 21.8 Å². The maximum Gasteiger partial charge on any atom is 0.416 e. The molecule has 2 heterocycles. The lowest BCUT2D eigenvalue weighted by Crippen LogP contribution is -2.27. The first-order valence-electron chi connectivity index (χ1n) is 11.8. The van der Waals surface area contributed by atoms with E-state index in [2.05, 4.69) is 15.0 Å². The zero-order valence-electron chi connectivity index (χ0n) is 19.3. The number of rotatable bonds is 6. The van der Waals surface area contributed by atoms with Gasteiger partial charge in [0, 0.05) is 11.6 Å². The van der Waals surface area contributed by atoms with E-state index in [1.807, 2.05) is 0 Å². The van der Waals surface area contributed by atoms with E-state index >= 15 is 0 Å². The van der Waals surface area contributed by atoms with Gasteiger partial charge in [-0.3, -0.25) is 4.72 Å². The van der Waals surface area contributed by atoms with E-state index in [1.54, 1.807) is 17.5 Å². The van der Waals surface area contributed by atoms with Crippen LogP contribution in [0, 0.1) is 0 Å². The minimum Gasteiger partial charge on any atom is -0.485 e. The topological polar surface area (TPSA) is 80.3 Å². The summed E-state index contributed by atoms with van der Waals surface area (Å²) < 4.78 is 74.9. The molecule has 0 unspecified atom stereocenters. The van der Waals surface area contributed by atoms with Gasteiger partial charge >= 0.3 is 6.18 Å². The molecule has 1 saturated heterocycles. The molecule has 192 valence electrons. The van der Waals surface area contributed by atoms with Crippen LogP contribution in [0.1, 0.15) is 60.0 Å². The number of benzene rings is 2. The minimum absolute atomic E-state index is 0.0175. The Kier molecular flexibility index (Phi) is 6.97. The van der Waals surface area contributed by atoms with Crippen LogP contribution in [-0.2, 0) is 22.6 Å². The minimum atomic E-state index is -4.42. The number of halogens is 3. The van der Waals surface area contributed by atoms with Crippen molar-refractivity contribution in [1.82, 2.24) is 10.3 Å². The molecule has 2 aromatic carbocycles. The number of aromatic nitrogens is 1. The van der Waals surface area contributed by atoms with Gasteiger partial charge in [-0.25, -0.2) is 13.4 Å². The fraction of sp³-hybridized carbons (Fsp3) is 0.400. The highest BCUT2D eigenvalue weighted by Crippen LogP contribution is 2.42. The Balaban J connectivity index is 1.43. The zero-order chi connectivity index (χ0) is 25.3. The van der Waals surface area contributed by atoms with Gasteiger partial charge in [0.25, 0.3) is 10.0 Å². The SMILES string of the molecule is O=S(=O)(Nc1nccs1)c1ccc2c(c1)CCC[C@H]2Oc1ccc(C(F)(F)F)cc1C1CCNCC1. The molecule has 1 aromatic heterocycles. The van der Waals surface area contributed by atoms with Crippen molar-refractivity contribution in [2.24, 2.45) is 0 Å². The number of anilines is 1. The summed E-state index contributed by atoms with van der Waals surface area (Å²) in [5, 5.41) is 5.23. The van der Waals surface area contributed by atoms with Crippen LogP contribution in [0.3, 0.4) is 0 Å².